The number of carbonyl (C=O) groups is 2. The molecule has 3 N–H and O–H groups in total. The molecule has 0 aliphatic carbocycles. The van der Waals surface area contributed by atoms with E-state index < -0.39 is 34.2 Å². The van der Waals surface area contributed by atoms with Gasteiger partial charge in [-0.1, -0.05) is 5.16 Å². The number of nitrogens with two attached hydrogens (primary N) is 1. The minimum absolute atomic E-state index is 0. The SMILES string of the molecule is CO/N=C(\C(=O)N[C@H]1C(=O)N(S(=O)(=O)[O-])[C@H]1C)c1csc(N)n1.[Na+]. The molecule has 1 aliphatic heterocycles. The normalized spacial score (nSPS) is 20.9. The molecule has 2 atom stereocenters. The number of rotatable bonds is 5. The van der Waals surface area contributed by atoms with Gasteiger partial charge in [0.05, 0.1) is 6.04 Å². The van der Waals surface area contributed by atoms with Crippen LogP contribution < -0.4 is 40.6 Å². The zero-order chi connectivity index (χ0) is 17.4. The first-order valence-electron chi connectivity index (χ1n) is 6.09. The number of hydrogen-bond acceptors (Lipinski definition) is 10. The van der Waals surface area contributed by atoms with Crippen LogP contribution in [-0.4, -0.2) is 59.0 Å². The topological polar surface area (TPSA) is 167 Å². The zero-order valence-corrected chi connectivity index (χ0v) is 16.6. The van der Waals surface area contributed by atoms with Crippen LogP contribution in [0.15, 0.2) is 10.5 Å². The number of oxime groups is 1. The number of aromatic nitrogens is 1. The second kappa shape index (κ2) is 7.76. The Morgan fingerprint density at radius 1 is 1.58 bits per heavy atom. The van der Waals surface area contributed by atoms with Gasteiger partial charge in [0, 0.05) is 5.38 Å². The molecule has 126 valence electrons. The van der Waals surface area contributed by atoms with E-state index in [0.717, 1.165) is 11.3 Å². The van der Waals surface area contributed by atoms with Gasteiger partial charge in [-0.2, -0.15) is 0 Å². The minimum atomic E-state index is -4.91. The van der Waals surface area contributed by atoms with E-state index in [0.29, 0.717) is 0 Å². The van der Waals surface area contributed by atoms with Gasteiger partial charge in [-0.25, -0.2) is 17.7 Å². The van der Waals surface area contributed by atoms with Crippen molar-refractivity contribution in [3.8, 4) is 0 Å². The van der Waals surface area contributed by atoms with Crippen LogP contribution in [0.3, 0.4) is 0 Å². The number of hydrogen-bond donors (Lipinski definition) is 2. The molecule has 1 fully saturated rings. The molecule has 11 nitrogen and oxygen atoms in total. The fourth-order valence-electron chi connectivity index (χ4n) is 2.00. The molecule has 2 rings (SSSR count). The summed E-state index contributed by atoms with van der Waals surface area (Å²) in [6.07, 6.45) is 0. The Labute approximate surface area is 163 Å². The molecule has 0 unspecified atom stereocenters. The molecule has 0 saturated carbocycles. The van der Waals surface area contributed by atoms with Crippen molar-refractivity contribution in [3.05, 3.63) is 11.1 Å². The third-order valence-corrected chi connectivity index (χ3v) is 4.69. The fourth-order valence-corrected chi connectivity index (χ4v) is 3.41. The summed E-state index contributed by atoms with van der Waals surface area (Å²) in [7, 11) is -3.70. The number of thiazole rings is 1. The third kappa shape index (κ3) is 4.04. The van der Waals surface area contributed by atoms with Gasteiger partial charge in [-0.15, -0.1) is 11.3 Å². The van der Waals surface area contributed by atoms with Gasteiger partial charge in [-0.05, 0) is 6.92 Å². The van der Waals surface area contributed by atoms with E-state index in [-0.39, 0.29) is 50.4 Å². The second-order valence-electron chi connectivity index (χ2n) is 4.48. The smallest absolute Gasteiger partial charge is 0.731 e. The molecule has 2 heterocycles. The molecular formula is C10H12N5NaO6S2. The van der Waals surface area contributed by atoms with Gasteiger partial charge in [-0.3, -0.25) is 9.59 Å². The van der Waals surface area contributed by atoms with Crippen LogP contribution in [0.1, 0.15) is 12.6 Å². The minimum Gasteiger partial charge on any atom is -0.731 e. The number of amides is 2. The first-order chi connectivity index (χ1) is 10.7. The fraction of sp³-hybridized carbons (Fsp3) is 0.400. The predicted molar refractivity (Wildman–Crippen MR) is 78.0 cm³/mol. The van der Waals surface area contributed by atoms with Crippen molar-refractivity contribution >= 4 is 44.3 Å². The largest absolute Gasteiger partial charge is 1.00 e. The number of nitrogen functional groups attached to an aromatic ring is 1. The van der Waals surface area contributed by atoms with Crippen molar-refractivity contribution in [2.24, 2.45) is 5.16 Å². The second-order valence-corrected chi connectivity index (χ2v) is 6.62. The Balaban J connectivity index is 0.00000288. The first-order valence-corrected chi connectivity index (χ1v) is 8.33. The van der Waals surface area contributed by atoms with E-state index in [2.05, 4.69) is 20.3 Å². The van der Waals surface area contributed by atoms with Crippen molar-refractivity contribution in [2.75, 3.05) is 12.8 Å². The molecule has 0 spiro atoms. The monoisotopic (exact) mass is 385 g/mol. The Hall–Kier alpha value is -1.25. The zero-order valence-electron chi connectivity index (χ0n) is 12.9. The van der Waals surface area contributed by atoms with Gasteiger partial charge in [0.15, 0.2) is 21.1 Å². The van der Waals surface area contributed by atoms with E-state index in [1.807, 2.05) is 0 Å². The molecule has 24 heavy (non-hydrogen) atoms. The van der Waals surface area contributed by atoms with E-state index in [1.54, 1.807) is 0 Å². The van der Waals surface area contributed by atoms with Crippen molar-refractivity contribution in [1.82, 2.24) is 14.6 Å². The molecular weight excluding hydrogens is 373 g/mol. The standard InChI is InChI=1S/C10H13N5O6S2.Na/c1-4-6(9(17)15(4)23(18,19)20)13-8(16)7(14-21-2)5-3-22-10(11)12-5;/h3-4,6H,1-2H3,(H2,11,12)(H,13,16)(H,18,19,20);/q;+1/p-1/b14-7-;/t4-,6+;/m0./s1. The van der Waals surface area contributed by atoms with Crippen molar-refractivity contribution < 1.29 is 57.0 Å². The summed E-state index contributed by atoms with van der Waals surface area (Å²) in [6.45, 7) is 1.32. The maximum atomic E-state index is 12.2. The van der Waals surface area contributed by atoms with Crippen LogP contribution >= 0.6 is 11.3 Å². The summed E-state index contributed by atoms with van der Waals surface area (Å²) in [4.78, 5) is 32.3. The van der Waals surface area contributed by atoms with Crippen molar-refractivity contribution in [2.45, 2.75) is 19.0 Å². The molecule has 1 saturated heterocycles. The molecule has 0 radical (unpaired) electrons. The van der Waals surface area contributed by atoms with E-state index in [4.69, 9.17) is 5.73 Å². The van der Waals surface area contributed by atoms with E-state index in [1.165, 1.54) is 19.4 Å². The van der Waals surface area contributed by atoms with Gasteiger partial charge in [0.2, 0.25) is 0 Å². The molecule has 2 amide bonds. The predicted octanol–water partition coefficient (Wildman–Crippen LogP) is -4.74. The van der Waals surface area contributed by atoms with Crippen LogP contribution in [0.2, 0.25) is 0 Å². The number of nitrogens with zero attached hydrogens (tertiary/aromatic N) is 3. The Morgan fingerprint density at radius 2 is 2.21 bits per heavy atom. The summed E-state index contributed by atoms with van der Waals surface area (Å²) < 4.78 is 32.8. The van der Waals surface area contributed by atoms with Gasteiger partial charge in [0.1, 0.15) is 18.8 Å². The van der Waals surface area contributed by atoms with Crippen LogP contribution in [0.5, 0.6) is 0 Å². The van der Waals surface area contributed by atoms with Crippen LogP contribution in [0.25, 0.3) is 0 Å². The quantitative estimate of drug-likeness (QED) is 0.167. The average molecular weight is 385 g/mol. The molecule has 14 heteroatoms. The van der Waals surface area contributed by atoms with Crippen LogP contribution in [-0.2, 0) is 24.7 Å². The van der Waals surface area contributed by atoms with Gasteiger partial charge < -0.3 is 20.4 Å². The van der Waals surface area contributed by atoms with Gasteiger partial charge in [0.25, 0.3) is 11.8 Å². The molecule has 0 bridgehead atoms. The summed E-state index contributed by atoms with van der Waals surface area (Å²) >= 11 is 1.07. The van der Waals surface area contributed by atoms with E-state index in [9.17, 15) is 22.6 Å². The number of β-lactam (4-membered cyclic amide) rings is 1. The molecule has 1 aromatic heterocycles. The molecule has 0 aromatic carbocycles. The maximum Gasteiger partial charge on any atom is 1.00 e. The van der Waals surface area contributed by atoms with Crippen LogP contribution in [0, 0.1) is 0 Å². The summed E-state index contributed by atoms with van der Waals surface area (Å²) in [6, 6.07) is -2.16. The maximum absolute atomic E-state index is 12.2. The molecule has 1 aromatic rings. The Bertz CT molecular complexity index is 778. The third-order valence-electron chi connectivity index (χ3n) is 3.03. The number of anilines is 1. The number of carbonyl (C=O) groups excluding carboxylic acids is 2. The molecule has 1 aliphatic rings. The van der Waals surface area contributed by atoms with Crippen LogP contribution in [0.4, 0.5) is 5.13 Å². The summed E-state index contributed by atoms with van der Waals surface area (Å²) in [5.41, 5.74) is 5.39. The van der Waals surface area contributed by atoms with Crippen molar-refractivity contribution in [3.63, 3.8) is 0 Å². The van der Waals surface area contributed by atoms with Gasteiger partial charge >= 0.3 is 29.6 Å². The Kier molecular flexibility index (Phi) is 6.72. The first kappa shape index (κ1) is 20.8. The summed E-state index contributed by atoms with van der Waals surface area (Å²) in [5.74, 6) is -1.83. The van der Waals surface area contributed by atoms with E-state index >= 15 is 0 Å². The number of nitrogens with one attached hydrogen (secondary N) is 1. The Morgan fingerprint density at radius 3 is 2.62 bits per heavy atom. The summed E-state index contributed by atoms with van der Waals surface area (Å²) in [5, 5.41) is 7.48. The average Bonchev–Trinajstić information content (AvgIpc) is 2.86. The van der Waals surface area contributed by atoms with Crippen molar-refractivity contribution in [1.29, 1.82) is 0 Å².